The maximum atomic E-state index is 12.8. The van der Waals surface area contributed by atoms with E-state index in [1.807, 2.05) is 26.0 Å². The van der Waals surface area contributed by atoms with Crippen molar-refractivity contribution >= 4 is 10.0 Å². The second-order valence-corrected chi connectivity index (χ2v) is 9.57. The minimum absolute atomic E-state index is 0.0591. The van der Waals surface area contributed by atoms with Gasteiger partial charge in [0, 0.05) is 17.1 Å². The smallest absolute Gasteiger partial charge is 0.241 e. The summed E-state index contributed by atoms with van der Waals surface area (Å²) in [5.41, 5.74) is 1.56. The monoisotopic (exact) mass is 324 g/mol. The molecule has 1 aliphatic heterocycles. The second kappa shape index (κ2) is 5.62. The third-order valence-electron chi connectivity index (χ3n) is 4.15. The molecule has 1 heterocycles. The number of hydrogen-bond donors (Lipinski definition) is 2. The zero-order valence-corrected chi connectivity index (χ0v) is 15.3. The topological polar surface area (TPSA) is 58.2 Å². The quantitative estimate of drug-likeness (QED) is 0.899. The second-order valence-electron chi connectivity index (χ2n) is 7.89. The van der Waals surface area contributed by atoms with E-state index in [-0.39, 0.29) is 17.1 Å². The van der Waals surface area contributed by atoms with Crippen molar-refractivity contribution in [2.24, 2.45) is 0 Å². The molecule has 124 valence electrons. The van der Waals surface area contributed by atoms with Gasteiger partial charge in [0.05, 0.1) is 4.90 Å². The predicted octanol–water partition coefficient (Wildman–Crippen LogP) is 2.89. The summed E-state index contributed by atoms with van der Waals surface area (Å²) in [4.78, 5) is 0.390. The molecule has 0 bridgehead atoms. The lowest BCUT2D eigenvalue weighted by Gasteiger charge is -2.46. The molecule has 0 spiro atoms. The predicted molar refractivity (Wildman–Crippen MR) is 90.6 cm³/mol. The molecule has 2 N–H and O–H groups in total. The van der Waals surface area contributed by atoms with E-state index in [1.54, 1.807) is 6.07 Å². The molecule has 1 aromatic rings. The first kappa shape index (κ1) is 17.4. The molecule has 1 aliphatic rings. The van der Waals surface area contributed by atoms with Crippen LogP contribution < -0.4 is 10.0 Å². The van der Waals surface area contributed by atoms with Gasteiger partial charge in [-0.15, -0.1) is 0 Å². The molecule has 0 atom stereocenters. The molecule has 0 aromatic heterocycles. The highest BCUT2D eigenvalue weighted by Crippen LogP contribution is 2.29. The van der Waals surface area contributed by atoms with Crippen LogP contribution in [0.15, 0.2) is 23.1 Å². The van der Waals surface area contributed by atoms with Crippen molar-refractivity contribution in [1.82, 2.24) is 10.0 Å². The Bertz CT molecular complexity index is 647. The summed E-state index contributed by atoms with van der Waals surface area (Å²) >= 11 is 0. The SMILES string of the molecule is Cc1ccc(C)c(S(=O)(=O)NC2CC(C)(C)NC(C)(C)C2)c1. The first-order valence-electron chi connectivity index (χ1n) is 7.79. The first-order chi connectivity index (χ1) is 9.90. The number of nitrogens with one attached hydrogen (secondary N) is 2. The Labute approximate surface area is 134 Å². The summed E-state index contributed by atoms with van der Waals surface area (Å²) in [7, 11) is -3.49. The Kier molecular flexibility index (Phi) is 4.46. The fourth-order valence-corrected chi connectivity index (χ4v) is 5.25. The number of sulfonamides is 1. The van der Waals surface area contributed by atoms with E-state index in [9.17, 15) is 8.42 Å². The van der Waals surface area contributed by atoms with Crippen LogP contribution in [0.2, 0.25) is 0 Å². The molecular formula is C17H28N2O2S. The van der Waals surface area contributed by atoms with Gasteiger partial charge in [-0.1, -0.05) is 12.1 Å². The lowest BCUT2D eigenvalue weighted by atomic mass is 9.80. The molecule has 1 fully saturated rings. The summed E-state index contributed by atoms with van der Waals surface area (Å²) in [5.74, 6) is 0. The molecule has 5 heteroatoms. The zero-order chi connectivity index (χ0) is 16.8. The number of aryl methyl sites for hydroxylation is 2. The largest absolute Gasteiger partial charge is 0.307 e. The first-order valence-corrected chi connectivity index (χ1v) is 9.28. The van der Waals surface area contributed by atoms with Crippen molar-refractivity contribution in [1.29, 1.82) is 0 Å². The standard InChI is InChI=1S/C17H28N2O2S/c1-12-7-8-13(2)15(9-12)22(20,21)18-14-10-16(3,4)19-17(5,6)11-14/h7-9,14,18-19H,10-11H2,1-6H3. The van der Waals surface area contributed by atoms with E-state index in [4.69, 9.17) is 0 Å². The van der Waals surface area contributed by atoms with Crippen molar-refractivity contribution in [3.05, 3.63) is 29.3 Å². The fraction of sp³-hybridized carbons (Fsp3) is 0.647. The Hall–Kier alpha value is -0.910. The van der Waals surface area contributed by atoms with E-state index in [1.165, 1.54) is 0 Å². The van der Waals surface area contributed by atoms with Crippen LogP contribution in [0.1, 0.15) is 51.7 Å². The van der Waals surface area contributed by atoms with Crippen LogP contribution in [0.4, 0.5) is 0 Å². The Morgan fingerprint density at radius 3 is 2.18 bits per heavy atom. The Morgan fingerprint density at radius 2 is 1.64 bits per heavy atom. The zero-order valence-electron chi connectivity index (χ0n) is 14.4. The molecule has 2 rings (SSSR count). The molecule has 22 heavy (non-hydrogen) atoms. The molecule has 0 unspecified atom stereocenters. The van der Waals surface area contributed by atoms with Crippen LogP contribution in [0.5, 0.6) is 0 Å². The van der Waals surface area contributed by atoms with Gasteiger partial charge in [-0.05, 0) is 71.6 Å². The summed E-state index contributed by atoms with van der Waals surface area (Å²) in [6.45, 7) is 12.2. The van der Waals surface area contributed by atoms with Gasteiger partial charge in [0.1, 0.15) is 0 Å². The van der Waals surface area contributed by atoms with Crippen molar-refractivity contribution in [3.8, 4) is 0 Å². The third kappa shape index (κ3) is 4.09. The van der Waals surface area contributed by atoms with E-state index < -0.39 is 10.0 Å². The van der Waals surface area contributed by atoms with Gasteiger partial charge in [-0.25, -0.2) is 13.1 Å². The molecule has 0 aliphatic carbocycles. The summed E-state index contributed by atoms with van der Waals surface area (Å²) in [6, 6.07) is 5.48. The van der Waals surface area contributed by atoms with Crippen molar-refractivity contribution in [2.45, 2.75) is 76.4 Å². The highest BCUT2D eigenvalue weighted by molar-refractivity contribution is 7.89. The normalized spacial score (nSPS) is 21.7. The van der Waals surface area contributed by atoms with Crippen LogP contribution in [-0.4, -0.2) is 25.5 Å². The van der Waals surface area contributed by atoms with Gasteiger partial charge >= 0.3 is 0 Å². The van der Waals surface area contributed by atoms with Gasteiger partial charge in [0.15, 0.2) is 0 Å². The maximum Gasteiger partial charge on any atom is 0.241 e. The maximum absolute atomic E-state index is 12.8. The van der Waals surface area contributed by atoms with Crippen molar-refractivity contribution in [3.63, 3.8) is 0 Å². The third-order valence-corrected chi connectivity index (χ3v) is 5.81. The number of hydrogen-bond acceptors (Lipinski definition) is 3. The van der Waals surface area contributed by atoms with Gasteiger partial charge in [0.2, 0.25) is 10.0 Å². The Balaban J connectivity index is 2.27. The van der Waals surface area contributed by atoms with E-state index in [0.717, 1.165) is 24.0 Å². The van der Waals surface area contributed by atoms with Crippen molar-refractivity contribution in [2.75, 3.05) is 0 Å². The summed E-state index contributed by atoms with van der Waals surface area (Å²) in [6.07, 6.45) is 1.56. The van der Waals surface area contributed by atoms with E-state index in [2.05, 4.69) is 37.7 Å². The Morgan fingerprint density at radius 1 is 1.09 bits per heavy atom. The summed E-state index contributed by atoms with van der Waals surface area (Å²) in [5, 5.41) is 3.57. The van der Waals surface area contributed by atoms with E-state index in [0.29, 0.717) is 4.90 Å². The molecule has 4 nitrogen and oxygen atoms in total. The average Bonchev–Trinajstić information content (AvgIpc) is 2.27. The highest BCUT2D eigenvalue weighted by Gasteiger charge is 2.39. The molecular weight excluding hydrogens is 296 g/mol. The fourth-order valence-electron chi connectivity index (χ4n) is 3.69. The number of benzene rings is 1. The summed E-state index contributed by atoms with van der Waals surface area (Å²) < 4.78 is 28.5. The van der Waals surface area contributed by atoms with Crippen LogP contribution in [0.25, 0.3) is 0 Å². The van der Waals surface area contributed by atoms with Gasteiger partial charge in [0.25, 0.3) is 0 Å². The minimum atomic E-state index is -3.49. The lowest BCUT2D eigenvalue weighted by Crippen LogP contribution is -2.62. The minimum Gasteiger partial charge on any atom is -0.307 e. The molecule has 0 amide bonds. The van der Waals surface area contributed by atoms with E-state index >= 15 is 0 Å². The highest BCUT2D eigenvalue weighted by atomic mass is 32.2. The van der Waals surface area contributed by atoms with Crippen LogP contribution in [0, 0.1) is 13.8 Å². The molecule has 0 radical (unpaired) electrons. The molecule has 1 aromatic carbocycles. The average molecular weight is 324 g/mol. The van der Waals surface area contributed by atoms with Crippen LogP contribution in [0.3, 0.4) is 0 Å². The van der Waals surface area contributed by atoms with Crippen LogP contribution >= 0.6 is 0 Å². The van der Waals surface area contributed by atoms with Gasteiger partial charge in [-0.2, -0.15) is 0 Å². The number of piperidine rings is 1. The molecule has 0 saturated carbocycles. The van der Waals surface area contributed by atoms with Crippen LogP contribution in [-0.2, 0) is 10.0 Å². The lowest BCUT2D eigenvalue weighted by molar-refractivity contribution is 0.157. The van der Waals surface area contributed by atoms with Crippen molar-refractivity contribution < 1.29 is 8.42 Å². The molecule has 1 saturated heterocycles. The van der Waals surface area contributed by atoms with Gasteiger partial charge < -0.3 is 5.32 Å². The van der Waals surface area contributed by atoms with Gasteiger partial charge in [-0.3, -0.25) is 0 Å². The number of rotatable bonds is 3.